The van der Waals surface area contributed by atoms with E-state index in [1.165, 1.54) is 0 Å². The Bertz CT molecular complexity index is 147. The van der Waals surface area contributed by atoms with E-state index in [0.29, 0.717) is 6.04 Å². The highest BCUT2D eigenvalue weighted by Gasteiger charge is 2.47. The zero-order chi connectivity index (χ0) is 9.83. The van der Waals surface area contributed by atoms with Gasteiger partial charge in [-0.15, -0.1) is 0 Å². The van der Waals surface area contributed by atoms with Gasteiger partial charge in [0.25, 0.3) is 0 Å². The van der Waals surface area contributed by atoms with E-state index in [-0.39, 0.29) is 5.04 Å². The Hall–Kier alpha value is -0.193. The Morgan fingerprint density at radius 1 is 1.25 bits per heavy atom. The number of carbonyl (C=O) groups is 1. The molecule has 72 valence electrons. The fourth-order valence-electron chi connectivity index (χ4n) is 1.28. The standard InChI is InChI=1S/C8H18O3Si/c1-8(2,3)12(10-4,11-5)7-6-9/h6H,7H2,1-5H3. The van der Waals surface area contributed by atoms with Gasteiger partial charge in [-0.3, -0.25) is 0 Å². The van der Waals surface area contributed by atoms with E-state index in [4.69, 9.17) is 8.85 Å². The minimum Gasteiger partial charge on any atom is -0.397 e. The second-order valence-electron chi connectivity index (χ2n) is 3.78. The summed E-state index contributed by atoms with van der Waals surface area (Å²) in [5.41, 5.74) is 0. The maximum Gasteiger partial charge on any atom is 0.350 e. The van der Waals surface area contributed by atoms with Crippen LogP contribution in [0.25, 0.3) is 0 Å². The van der Waals surface area contributed by atoms with Gasteiger partial charge in [0.1, 0.15) is 6.29 Å². The van der Waals surface area contributed by atoms with Gasteiger partial charge in [-0.1, -0.05) is 20.8 Å². The monoisotopic (exact) mass is 190 g/mol. The summed E-state index contributed by atoms with van der Waals surface area (Å²) < 4.78 is 10.8. The lowest BCUT2D eigenvalue weighted by Crippen LogP contribution is -2.48. The zero-order valence-corrected chi connectivity index (χ0v) is 9.51. The molecule has 0 heterocycles. The minimum absolute atomic E-state index is 0.0720. The molecule has 0 fully saturated rings. The Morgan fingerprint density at radius 2 is 1.67 bits per heavy atom. The van der Waals surface area contributed by atoms with Crippen LogP contribution in [-0.4, -0.2) is 29.1 Å². The van der Waals surface area contributed by atoms with Crippen LogP contribution in [0.4, 0.5) is 0 Å². The van der Waals surface area contributed by atoms with Gasteiger partial charge in [-0.05, 0) is 0 Å². The van der Waals surface area contributed by atoms with Gasteiger partial charge < -0.3 is 13.6 Å². The van der Waals surface area contributed by atoms with Crippen LogP contribution in [0.3, 0.4) is 0 Å². The lowest BCUT2D eigenvalue weighted by Gasteiger charge is -2.37. The van der Waals surface area contributed by atoms with Gasteiger partial charge in [0, 0.05) is 25.3 Å². The quantitative estimate of drug-likeness (QED) is 0.500. The van der Waals surface area contributed by atoms with Crippen molar-refractivity contribution in [3.8, 4) is 0 Å². The molecule has 0 unspecified atom stereocenters. The highest BCUT2D eigenvalue weighted by atomic mass is 28.4. The summed E-state index contributed by atoms with van der Waals surface area (Å²) in [6, 6.07) is 0.392. The molecule has 0 aliphatic heterocycles. The Labute approximate surface area is 75.3 Å². The molecular weight excluding hydrogens is 172 g/mol. The van der Waals surface area contributed by atoms with E-state index >= 15 is 0 Å². The van der Waals surface area contributed by atoms with Crippen LogP contribution < -0.4 is 0 Å². The molecule has 0 atom stereocenters. The summed E-state index contributed by atoms with van der Waals surface area (Å²) in [6.07, 6.45) is 0.879. The van der Waals surface area contributed by atoms with Crippen molar-refractivity contribution in [1.29, 1.82) is 0 Å². The molecule has 3 nitrogen and oxygen atoms in total. The van der Waals surface area contributed by atoms with Gasteiger partial charge >= 0.3 is 8.56 Å². The molecule has 0 aromatic rings. The Balaban J connectivity index is 4.68. The Morgan fingerprint density at radius 3 is 1.75 bits per heavy atom. The van der Waals surface area contributed by atoms with Crippen molar-refractivity contribution in [2.24, 2.45) is 0 Å². The highest BCUT2D eigenvalue weighted by molar-refractivity contribution is 6.72. The van der Waals surface area contributed by atoms with Crippen molar-refractivity contribution in [3.63, 3.8) is 0 Å². The van der Waals surface area contributed by atoms with Crippen molar-refractivity contribution in [2.45, 2.75) is 31.9 Å². The molecule has 0 aromatic carbocycles. The average Bonchev–Trinajstić information content (AvgIpc) is 1.98. The van der Waals surface area contributed by atoms with E-state index in [1.807, 2.05) is 20.8 Å². The van der Waals surface area contributed by atoms with E-state index in [2.05, 4.69) is 0 Å². The summed E-state index contributed by atoms with van der Waals surface area (Å²) in [5.74, 6) is 0. The van der Waals surface area contributed by atoms with Crippen molar-refractivity contribution in [2.75, 3.05) is 14.2 Å². The number of carbonyl (C=O) groups excluding carboxylic acids is 1. The van der Waals surface area contributed by atoms with E-state index in [0.717, 1.165) is 6.29 Å². The molecule has 0 bridgehead atoms. The molecule has 4 heteroatoms. The number of aldehydes is 1. The van der Waals surface area contributed by atoms with Crippen LogP contribution in [0.5, 0.6) is 0 Å². The normalized spacial score (nSPS) is 13.1. The first-order chi connectivity index (χ1) is 5.43. The molecule has 0 radical (unpaired) electrons. The first kappa shape index (κ1) is 11.8. The third kappa shape index (κ3) is 2.15. The van der Waals surface area contributed by atoms with Crippen molar-refractivity contribution in [3.05, 3.63) is 0 Å². The van der Waals surface area contributed by atoms with Gasteiger partial charge in [0.05, 0.1) is 0 Å². The minimum atomic E-state index is -2.31. The van der Waals surface area contributed by atoms with Gasteiger partial charge in [0.15, 0.2) is 0 Å². The number of rotatable bonds is 4. The van der Waals surface area contributed by atoms with Crippen LogP contribution in [0.15, 0.2) is 0 Å². The predicted octanol–water partition coefficient (Wildman–Crippen LogP) is 1.72. The predicted molar refractivity (Wildman–Crippen MR) is 50.4 cm³/mol. The van der Waals surface area contributed by atoms with Crippen LogP contribution >= 0.6 is 0 Å². The second kappa shape index (κ2) is 4.16. The number of hydrogen-bond donors (Lipinski definition) is 0. The SMILES string of the molecule is CO[Si](CC=O)(OC)C(C)(C)C. The van der Waals surface area contributed by atoms with Crippen molar-refractivity contribution in [1.82, 2.24) is 0 Å². The fraction of sp³-hybridized carbons (Fsp3) is 0.875. The zero-order valence-electron chi connectivity index (χ0n) is 8.51. The Kier molecular flexibility index (Phi) is 4.09. The summed E-state index contributed by atoms with van der Waals surface area (Å²) in [4.78, 5) is 10.5. The van der Waals surface area contributed by atoms with Crippen LogP contribution in [-0.2, 0) is 13.6 Å². The molecule has 0 aliphatic carbocycles. The largest absolute Gasteiger partial charge is 0.397 e. The first-order valence-electron chi connectivity index (χ1n) is 3.97. The molecule has 0 saturated carbocycles. The first-order valence-corrected chi connectivity index (χ1v) is 6.00. The molecule has 0 N–H and O–H groups in total. The van der Waals surface area contributed by atoms with E-state index in [9.17, 15) is 4.79 Å². The molecule has 0 aliphatic rings. The lowest BCUT2D eigenvalue weighted by molar-refractivity contribution is -0.106. The molecule has 0 saturated heterocycles. The molecule has 0 aromatic heterocycles. The number of hydrogen-bond acceptors (Lipinski definition) is 3. The third-order valence-corrected chi connectivity index (χ3v) is 6.46. The topological polar surface area (TPSA) is 35.5 Å². The molecule has 0 amide bonds. The van der Waals surface area contributed by atoms with Crippen molar-refractivity contribution < 1.29 is 13.6 Å². The third-order valence-electron chi connectivity index (χ3n) is 2.15. The van der Waals surface area contributed by atoms with Gasteiger partial charge in [-0.25, -0.2) is 0 Å². The van der Waals surface area contributed by atoms with E-state index < -0.39 is 8.56 Å². The summed E-state index contributed by atoms with van der Waals surface area (Å²) in [6.45, 7) is 6.11. The second-order valence-corrected chi connectivity index (χ2v) is 8.01. The van der Waals surface area contributed by atoms with Gasteiger partial charge in [0.2, 0.25) is 0 Å². The van der Waals surface area contributed by atoms with Crippen LogP contribution in [0, 0.1) is 0 Å². The maximum atomic E-state index is 10.5. The molecule has 0 spiro atoms. The smallest absolute Gasteiger partial charge is 0.350 e. The molecular formula is C8H18O3Si. The summed E-state index contributed by atoms with van der Waals surface area (Å²) >= 11 is 0. The van der Waals surface area contributed by atoms with Crippen LogP contribution in [0.1, 0.15) is 20.8 Å². The fourth-order valence-corrected chi connectivity index (χ4v) is 3.83. The highest BCUT2D eigenvalue weighted by Crippen LogP contribution is 2.38. The van der Waals surface area contributed by atoms with Crippen molar-refractivity contribution >= 4 is 14.8 Å². The van der Waals surface area contributed by atoms with Gasteiger partial charge in [-0.2, -0.15) is 0 Å². The van der Waals surface area contributed by atoms with E-state index in [1.54, 1.807) is 14.2 Å². The lowest BCUT2D eigenvalue weighted by atomic mass is 10.2. The molecule has 12 heavy (non-hydrogen) atoms. The average molecular weight is 190 g/mol. The maximum absolute atomic E-state index is 10.5. The summed E-state index contributed by atoms with van der Waals surface area (Å²) in [5, 5.41) is -0.0720. The van der Waals surface area contributed by atoms with Crippen LogP contribution in [0.2, 0.25) is 11.1 Å². The molecule has 0 rings (SSSR count). The summed E-state index contributed by atoms with van der Waals surface area (Å²) in [7, 11) is 0.918.